The van der Waals surface area contributed by atoms with Crippen molar-refractivity contribution >= 4 is 26.0 Å². The van der Waals surface area contributed by atoms with Gasteiger partial charge in [-0.3, -0.25) is 0 Å². The largest absolute Gasteiger partial charge is 0.240 e. The summed E-state index contributed by atoms with van der Waals surface area (Å²) < 4.78 is 26.9. The third-order valence-corrected chi connectivity index (χ3v) is 3.90. The fourth-order valence-corrected chi connectivity index (χ4v) is 2.80. The molecule has 0 heterocycles. The molecule has 0 fully saturated rings. The quantitative estimate of drug-likeness (QED) is 0.671. The topological polar surface area (TPSA) is 46.2 Å². The second kappa shape index (κ2) is 6.18. The average molecular weight is 304 g/mol. The molecule has 0 unspecified atom stereocenters. The molecule has 0 saturated carbocycles. The van der Waals surface area contributed by atoms with Crippen LogP contribution in [0.1, 0.15) is 13.3 Å². The third-order valence-electron chi connectivity index (χ3n) is 1.95. The second-order valence-electron chi connectivity index (χ2n) is 3.21. The van der Waals surface area contributed by atoms with Crippen LogP contribution in [0, 0.1) is 0 Å². The molecule has 16 heavy (non-hydrogen) atoms. The molecule has 5 heteroatoms. The molecular formula is C11H14BrNO2S. The van der Waals surface area contributed by atoms with E-state index in [1.807, 2.05) is 19.1 Å². The predicted molar refractivity (Wildman–Crippen MR) is 68.8 cm³/mol. The summed E-state index contributed by atoms with van der Waals surface area (Å²) in [6, 6.07) is 6.64. The van der Waals surface area contributed by atoms with E-state index in [1.165, 1.54) is 0 Å². The molecule has 0 saturated heterocycles. The van der Waals surface area contributed by atoms with Crippen molar-refractivity contribution in [2.45, 2.75) is 18.2 Å². The van der Waals surface area contributed by atoms with Gasteiger partial charge < -0.3 is 0 Å². The van der Waals surface area contributed by atoms with Crippen molar-refractivity contribution in [3.8, 4) is 0 Å². The standard InChI is InChI=1S/C11H14BrNO2S/c1-2-3-4-8-13-16(14,15)11-7-5-6-10(12)9-11/h2-3,5-7,9,13H,4,8H2,1H3/b3-2+. The number of rotatable bonds is 5. The minimum absolute atomic E-state index is 0.280. The number of benzene rings is 1. The summed E-state index contributed by atoms with van der Waals surface area (Å²) in [6.45, 7) is 2.32. The van der Waals surface area contributed by atoms with Gasteiger partial charge in [-0.2, -0.15) is 0 Å². The average Bonchev–Trinajstić information content (AvgIpc) is 2.24. The molecule has 1 rings (SSSR count). The Labute approximate surface area is 105 Å². The molecule has 0 aromatic heterocycles. The molecule has 0 atom stereocenters. The lowest BCUT2D eigenvalue weighted by atomic mass is 10.4. The number of nitrogens with one attached hydrogen (secondary N) is 1. The molecule has 0 spiro atoms. The Morgan fingerprint density at radius 1 is 1.44 bits per heavy atom. The molecule has 0 aliphatic rings. The molecule has 3 nitrogen and oxygen atoms in total. The van der Waals surface area contributed by atoms with E-state index in [0.29, 0.717) is 13.0 Å². The van der Waals surface area contributed by atoms with Crippen LogP contribution in [0.5, 0.6) is 0 Å². The first-order valence-corrected chi connectivity index (χ1v) is 7.20. The van der Waals surface area contributed by atoms with Crippen molar-refractivity contribution in [3.63, 3.8) is 0 Å². The van der Waals surface area contributed by atoms with Crippen molar-refractivity contribution in [3.05, 3.63) is 40.9 Å². The lowest BCUT2D eigenvalue weighted by molar-refractivity contribution is 0.582. The smallest absolute Gasteiger partial charge is 0.211 e. The van der Waals surface area contributed by atoms with Gasteiger partial charge in [0.05, 0.1) is 4.90 Å². The maximum atomic E-state index is 11.8. The van der Waals surface area contributed by atoms with Gasteiger partial charge in [0.25, 0.3) is 0 Å². The Morgan fingerprint density at radius 3 is 2.81 bits per heavy atom. The highest BCUT2D eigenvalue weighted by Gasteiger charge is 2.12. The predicted octanol–water partition coefficient (Wildman–Crippen LogP) is 2.69. The Balaban J connectivity index is 2.71. The Bertz CT molecular complexity index is 469. The number of sulfonamides is 1. The van der Waals surface area contributed by atoms with Gasteiger partial charge in [-0.05, 0) is 31.5 Å². The maximum absolute atomic E-state index is 11.8. The van der Waals surface area contributed by atoms with Crippen LogP contribution in [0.25, 0.3) is 0 Å². The molecule has 0 aliphatic heterocycles. The van der Waals surface area contributed by atoms with Crippen LogP contribution < -0.4 is 4.72 Å². The van der Waals surface area contributed by atoms with E-state index in [9.17, 15) is 8.42 Å². The normalized spacial score (nSPS) is 12.1. The highest BCUT2D eigenvalue weighted by Crippen LogP contribution is 2.15. The van der Waals surface area contributed by atoms with Gasteiger partial charge in [0, 0.05) is 11.0 Å². The summed E-state index contributed by atoms with van der Waals surface area (Å²) in [5.41, 5.74) is 0. The van der Waals surface area contributed by atoms with E-state index >= 15 is 0 Å². The minimum Gasteiger partial charge on any atom is -0.211 e. The van der Waals surface area contributed by atoms with E-state index in [2.05, 4.69) is 20.7 Å². The zero-order valence-electron chi connectivity index (χ0n) is 8.98. The number of allylic oxidation sites excluding steroid dienone is 1. The van der Waals surface area contributed by atoms with Crippen molar-refractivity contribution in [2.24, 2.45) is 0 Å². The summed E-state index contributed by atoms with van der Waals surface area (Å²) in [6.07, 6.45) is 4.51. The Hall–Kier alpha value is -0.650. The summed E-state index contributed by atoms with van der Waals surface area (Å²) in [5, 5.41) is 0. The van der Waals surface area contributed by atoms with Gasteiger partial charge in [-0.1, -0.05) is 34.1 Å². The highest BCUT2D eigenvalue weighted by molar-refractivity contribution is 9.10. The Kier molecular flexibility index (Phi) is 5.18. The van der Waals surface area contributed by atoms with Crippen molar-refractivity contribution in [2.75, 3.05) is 6.54 Å². The molecule has 0 bridgehead atoms. The van der Waals surface area contributed by atoms with E-state index in [-0.39, 0.29) is 4.90 Å². The number of hydrogen-bond acceptors (Lipinski definition) is 2. The number of halogens is 1. The van der Waals surface area contributed by atoms with E-state index in [1.54, 1.807) is 24.3 Å². The van der Waals surface area contributed by atoms with Crippen molar-refractivity contribution < 1.29 is 8.42 Å². The lowest BCUT2D eigenvalue weighted by Gasteiger charge is -2.05. The molecule has 0 aliphatic carbocycles. The van der Waals surface area contributed by atoms with Crippen LogP contribution in [0.4, 0.5) is 0 Å². The monoisotopic (exact) mass is 303 g/mol. The van der Waals surface area contributed by atoms with Crippen molar-refractivity contribution in [1.29, 1.82) is 0 Å². The van der Waals surface area contributed by atoms with Crippen LogP contribution in [0.3, 0.4) is 0 Å². The van der Waals surface area contributed by atoms with Crippen LogP contribution in [0.2, 0.25) is 0 Å². The van der Waals surface area contributed by atoms with E-state index < -0.39 is 10.0 Å². The van der Waals surface area contributed by atoms with Crippen LogP contribution in [-0.4, -0.2) is 15.0 Å². The SMILES string of the molecule is C/C=C/CCNS(=O)(=O)c1cccc(Br)c1. The van der Waals surface area contributed by atoms with Gasteiger partial charge in [0.1, 0.15) is 0 Å². The summed E-state index contributed by atoms with van der Waals surface area (Å²) in [4.78, 5) is 0.280. The van der Waals surface area contributed by atoms with Crippen LogP contribution >= 0.6 is 15.9 Å². The van der Waals surface area contributed by atoms with E-state index in [4.69, 9.17) is 0 Å². The summed E-state index contributed by atoms with van der Waals surface area (Å²) >= 11 is 3.24. The zero-order valence-corrected chi connectivity index (χ0v) is 11.4. The molecule has 1 aromatic carbocycles. The Morgan fingerprint density at radius 2 is 2.19 bits per heavy atom. The van der Waals surface area contributed by atoms with Crippen molar-refractivity contribution in [1.82, 2.24) is 4.72 Å². The zero-order chi connectivity index (χ0) is 12.0. The summed E-state index contributed by atoms with van der Waals surface area (Å²) in [5.74, 6) is 0. The molecule has 1 N–H and O–H groups in total. The second-order valence-corrected chi connectivity index (χ2v) is 5.90. The maximum Gasteiger partial charge on any atom is 0.240 e. The molecular weight excluding hydrogens is 290 g/mol. The van der Waals surface area contributed by atoms with Gasteiger partial charge in [-0.25, -0.2) is 13.1 Å². The summed E-state index contributed by atoms with van der Waals surface area (Å²) in [7, 11) is -3.38. The lowest BCUT2D eigenvalue weighted by Crippen LogP contribution is -2.24. The van der Waals surface area contributed by atoms with Gasteiger partial charge in [0.15, 0.2) is 0 Å². The minimum atomic E-state index is -3.38. The fraction of sp³-hybridized carbons (Fsp3) is 0.273. The molecule has 88 valence electrons. The number of hydrogen-bond donors (Lipinski definition) is 1. The van der Waals surface area contributed by atoms with Gasteiger partial charge >= 0.3 is 0 Å². The third kappa shape index (κ3) is 4.08. The molecule has 1 aromatic rings. The van der Waals surface area contributed by atoms with E-state index in [0.717, 1.165) is 4.47 Å². The first-order chi connectivity index (χ1) is 7.56. The highest BCUT2D eigenvalue weighted by atomic mass is 79.9. The molecule has 0 radical (unpaired) electrons. The van der Waals surface area contributed by atoms with Gasteiger partial charge in [-0.15, -0.1) is 0 Å². The fourth-order valence-electron chi connectivity index (χ4n) is 1.16. The molecule has 0 amide bonds. The van der Waals surface area contributed by atoms with Crippen LogP contribution in [-0.2, 0) is 10.0 Å². The first kappa shape index (κ1) is 13.4. The van der Waals surface area contributed by atoms with Crippen LogP contribution in [0.15, 0.2) is 45.8 Å². The first-order valence-electron chi connectivity index (χ1n) is 4.92. The van der Waals surface area contributed by atoms with Gasteiger partial charge in [0.2, 0.25) is 10.0 Å².